The van der Waals surface area contributed by atoms with Crippen LogP contribution in [0.25, 0.3) is 11.1 Å². The second-order valence-electron chi connectivity index (χ2n) is 4.90. The lowest BCUT2D eigenvalue weighted by Crippen LogP contribution is -2.27. The second kappa shape index (κ2) is 9.27. The molecule has 0 radical (unpaired) electrons. The molecule has 0 unspecified atom stereocenters. The molecule has 0 saturated heterocycles. The summed E-state index contributed by atoms with van der Waals surface area (Å²) in [5, 5.41) is 2.47. The molecule has 0 atom stereocenters. The normalized spacial score (nSPS) is 10.1. The summed E-state index contributed by atoms with van der Waals surface area (Å²) in [6.07, 6.45) is -0.454. The average Bonchev–Trinajstić information content (AvgIpc) is 2.56. The minimum absolute atomic E-state index is 0.0810. The third-order valence-corrected chi connectivity index (χ3v) is 3.86. The lowest BCUT2D eigenvalue weighted by Gasteiger charge is -2.07. The van der Waals surface area contributed by atoms with E-state index in [0.717, 1.165) is 11.1 Å². The standard InChI is InChI=1S/C18H18INO4/c1-2-23-18(22)20-12-11-17(21)24-16-9-5-14(6-10-16)13-3-7-15(19)8-4-13/h3-10H,2,11-12H2,1H3,(H,20,22). The molecule has 5 nitrogen and oxygen atoms in total. The molecule has 0 aromatic heterocycles. The topological polar surface area (TPSA) is 64.6 Å². The van der Waals surface area contributed by atoms with Gasteiger partial charge in [-0.3, -0.25) is 4.79 Å². The molecule has 2 rings (SSSR count). The van der Waals surface area contributed by atoms with Gasteiger partial charge in [-0.25, -0.2) is 4.79 Å². The Morgan fingerprint density at radius 3 is 2.17 bits per heavy atom. The molecule has 126 valence electrons. The molecule has 0 aliphatic rings. The number of carbonyl (C=O) groups excluding carboxylic acids is 2. The highest BCUT2D eigenvalue weighted by Crippen LogP contribution is 2.23. The Kier molecular flexibility index (Phi) is 7.05. The van der Waals surface area contributed by atoms with Gasteiger partial charge in [0.05, 0.1) is 13.0 Å². The van der Waals surface area contributed by atoms with E-state index in [-0.39, 0.29) is 13.0 Å². The highest BCUT2D eigenvalue weighted by atomic mass is 127. The van der Waals surface area contributed by atoms with E-state index < -0.39 is 12.1 Å². The van der Waals surface area contributed by atoms with Crippen molar-refractivity contribution in [3.63, 3.8) is 0 Å². The van der Waals surface area contributed by atoms with Gasteiger partial charge in [0.1, 0.15) is 5.75 Å². The Bertz CT molecular complexity index is 683. The molecule has 0 aliphatic carbocycles. The monoisotopic (exact) mass is 439 g/mol. The molecule has 0 fully saturated rings. The van der Waals surface area contributed by atoms with Crippen LogP contribution in [-0.4, -0.2) is 25.2 Å². The van der Waals surface area contributed by atoms with Crippen LogP contribution in [-0.2, 0) is 9.53 Å². The fourth-order valence-electron chi connectivity index (χ4n) is 1.99. The van der Waals surface area contributed by atoms with Gasteiger partial charge in [-0.1, -0.05) is 24.3 Å². The van der Waals surface area contributed by atoms with Crippen LogP contribution in [0.4, 0.5) is 4.79 Å². The second-order valence-corrected chi connectivity index (χ2v) is 6.15. The quantitative estimate of drug-likeness (QED) is 0.420. The minimum Gasteiger partial charge on any atom is -0.450 e. The van der Waals surface area contributed by atoms with Crippen molar-refractivity contribution in [1.29, 1.82) is 0 Å². The third-order valence-electron chi connectivity index (χ3n) is 3.14. The van der Waals surface area contributed by atoms with Crippen molar-refractivity contribution in [3.8, 4) is 16.9 Å². The highest BCUT2D eigenvalue weighted by Gasteiger charge is 2.07. The van der Waals surface area contributed by atoms with E-state index in [9.17, 15) is 9.59 Å². The van der Waals surface area contributed by atoms with Gasteiger partial charge in [-0.2, -0.15) is 0 Å². The first-order chi connectivity index (χ1) is 11.6. The zero-order valence-electron chi connectivity index (χ0n) is 13.3. The molecule has 6 heteroatoms. The summed E-state index contributed by atoms with van der Waals surface area (Å²) in [7, 11) is 0. The van der Waals surface area contributed by atoms with Gasteiger partial charge in [0.15, 0.2) is 0 Å². The van der Waals surface area contributed by atoms with Gasteiger partial charge in [-0.05, 0) is 64.9 Å². The lowest BCUT2D eigenvalue weighted by atomic mass is 10.1. The zero-order chi connectivity index (χ0) is 17.4. The van der Waals surface area contributed by atoms with E-state index in [2.05, 4.69) is 27.9 Å². The fourth-order valence-corrected chi connectivity index (χ4v) is 2.35. The van der Waals surface area contributed by atoms with Crippen LogP contribution in [0.5, 0.6) is 5.75 Å². The molecule has 0 heterocycles. The maximum atomic E-state index is 11.7. The maximum absolute atomic E-state index is 11.7. The predicted molar refractivity (Wildman–Crippen MR) is 99.9 cm³/mol. The first-order valence-corrected chi connectivity index (χ1v) is 8.63. The Labute approximate surface area is 154 Å². The number of rotatable bonds is 6. The number of alkyl carbamates (subject to hydrolysis) is 1. The van der Waals surface area contributed by atoms with Crippen LogP contribution in [0.1, 0.15) is 13.3 Å². The first kappa shape index (κ1) is 18.3. The van der Waals surface area contributed by atoms with Crippen LogP contribution in [0.2, 0.25) is 0 Å². The van der Waals surface area contributed by atoms with Crippen molar-refractivity contribution < 1.29 is 19.1 Å². The van der Waals surface area contributed by atoms with E-state index in [1.165, 1.54) is 3.57 Å². The van der Waals surface area contributed by atoms with Crippen molar-refractivity contribution >= 4 is 34.7 Å². The van der Waals surface area contributed by atoms with Crippen LogP contribution >= 0.6 is 22.6 Å². The molecule has 0 bridgehead atoms. The number of halogens is 1. The van der Waals surface area contributed by atoms with Gasteiger partial charge in [0.2, 0.25) is 0 Å². The Morgan fingerprint density at radius 1 is 1.00 bits per heavy atom. The van der Waals surface area contributed by atoms with Crippen LogP contribution in [0, 0.1) is 3.57 Å². The molecule has 0 spiro atoms. The summed E-state index contributed by atoms with van der Waals surface area (Å²) >= 11 is 2.26. The number of hydrogen-bond donors (Lipinski definition) is 1. The van der Waals surface area contributed by atoms with E-state index in [1.54, 1.807) is 19.1 Å². The number of carbonyl (C=O) groups is 2. The fraction of sp³-hybridized carbons (Fsp3) is 0.222. The maximum Gasteiger partial charge on any atom is 0.407 e. The van der Waals surface area contributed by atoms with E-state index >= 15 is 0 Å². The van der Waals surface area contributed by atoms with Crippen molar-refractivity contribution in [2.75, 3.05) is 13.2 Å². The Morgan fingerprint density at radius 2 is 1.58 bits per heavy atom. The smallest absolute Gasteiger partial charge is 0.407 e. The summed E-state index contributed by atoms with van der Waals surface area (Å²) in [6, 6.07) is 15.5. The molecule has 0 saturated carbocycles. The van der Waals surface area contributed by atoms with E-state index in [4.69, 9.17) is 9.47 Å². The number of ether oxygens (including phenoxy) is 2. The van der Waals surface area contributed by atoms with Gasteiger partial charge in [-0.15, -0.1) is 0 Å². The van der Waals surface area contributed by atoms with Gasteiger partial charge < -0.3 is 14.8 Å². The van der Waals surface area contributed by atoms with Crippen LogP contribution in [0.3, 0.4) is 0 Å². The summed E-state index contributed by atoms with van der Waals surface area (Å²) < 4.78 is 11.1. The molecule has 2 aromatic rings. The van der Waals surface area contributed by atoms with Crippen molar-refractivity contribution in [3.05, 3.63) is 52.1 Å². The Balaban J connectivity index is 1.84. The van der Waals surface area contributed by atoms with Crippen molar-refractivity contribution in [2.24, 2.45) is 0 Å². The van der Waals surface area contributed by atoms with E-state index in [0.29, 0.717) is 12.4 Å². The number of hydrogen-bond acceptors (Lipinski definition) is 4. The van der Waals surface area contributed by atoms with Crippen molar-refractivity contribution in [1.82, 2.24) is 5.32 Å². The molecule has 0 aliphatic heterocycles. The molecule has 24 heavy (non-hydrogen) atoms. The number of nitrogens with one attached hydrogen (secondary N) is 1. The first-order valence-electron chi connectivity index (χ1n) is 7.56. The van der Waals surface area contributed by atoms with Crippen LogP contribution in [0.15, 0.2) is 48.5 Å². The zero-order valence-corrected chi connectivity index (χ0v) is 15.4. The van der Waals surface area contributed by atoms with Gasteiger partial charge >= 0.3 is 12.1 Å². The minimum atomic E-state index is -0.535. The third kappa shape index (κ3) is 5.84. The summed E-state index contributed by atoms with van der Waals surface area (Å²) in [5.41, 5.74) is 2.15. The van der Waals surface area contributed by atoms with Gasteiger partial charge in [0.25, 0.3) is 0 Å². The molecular formula is C18H18INO4. The molecule has 1 N–H and O–H groups in total. The van der Waals surface area contributed by atoms with Crippen LogP contribution < -0.4 is 10.1 Å². The molecule has 1 amide bonds. The largest absolute Gasteiger partial charge is 0.450 e. The average molecular weight is 439 g/mol. The summed E-state index contributed by atoms with van der Waals surface area (Å²) in [5.74, 6) is 0.0687. The Hall–Kier alpha value is -2.09. The summed E-state index contributed by atoms with van der Waals surface area (Å²) in [6.45, 7) is 2.19. The van der Waals surface area contributed by atoms with Gasteiger partial charge in [0, 0.05) is 10.1 Å². The number of amides is 1. The highest BCUT2D eigenvalue weighted by molar-refractivity contribution is 14.1. The molecule has 2 aromatic carbocycles. The summed E-state index contributed by atoms with van der Waals surface area (Å²) in [4.78, 5) is 22.8. The number of esters is 1. The van der Waals surface area contributed by atoms with E-state index in [1.807, 2.05) is 36.4 Å². The molecular weight excluding hydrogens is 421 g/mol. The predicted octanol–water partition coefficient (Wildman–Crippen LogP) is 4.00. The SMILES string of the molecule is CCOC(=O)NCCC(=O)Oc1ccc(-c2ccc(I)cc2)cc1. The van der Waals surface area contributed by atoms with Crippen molar-refractivity contribution in [2.45, 2.75) is 13.3 Å². The lowest BCUT2D eigenvalue weighted by molar-refractivity contribution is -0.134. The number of benzene rings is 2.